The van der Waals surface area contributed by atoms with Crippen molar-refractivity contribution in [2.24, 2.45) is 5.11 Å². The van der Waals surface area contributed by atoms with E-state index in [9.17, 15) is 0 Å². The number of hydrogen-bond donors (Lipinski definition) is 0. The number of likely N-dealkylation sites (N-methyl/N-ethyl adjacent to an activating group) is 1. The summed E-state index contributed by atoms with van der Waals surface area (Å²) < 4.78 is 0. The van der Waals surface area contributed by atoms with E-state index in [0.29, 0.717) is 6.54 Å². The summed E-state index contributed by atoms with van der Waals surface area (Å²) >= 11 is 0. The molecule has 0 aromatic rings. The van der Waals surface area contributed by atoms with Crippen LogP contribution in [0.5, 0.6) is 0 Å². The molecule has 6 heteroatoms. The Kier molecular flexibility index (Phi) is 17.2. The molecule has 0 bridgehead atoms. The highest BCUT2D eigenvalue weighted by Crippen LogP contribution is 2.17. The number of piperazine rings is 1. The molecule has 0 aromatic carbocycles. The lowest BCUT2D eigenvalue weighted by atomic mass is 10.0. The minimum absolute atomic E-state index is 0.674. The molecule has 0 amide bonds. The molecule has 0 atom stereocenters. The normalized spacial score (nSPS) is 19.2. The maximum absolute atomic E-state index is 8.07. The summed E-state index contributed by atoms with van der Waals surface area (Å²) in [6.45, 7) is 14.1. The zero-order valence-electron chi connectivity index (χ0n) is 20.4. The predicted octanol–water partition coefficient (Wildman–Crippen LogP) is 5.94. The molecule has 0 N–H and O–H groups in total. The molecule has 0 spiro atoms. The summed E-state index contributed by atoms with van der Waals surface area (Å²) in [6, 6.07) is 0.875. The summed E-state index contributed by atoms with van der Waals surface area (Å²) in [6.07, 6.45) is 16.0. The molecule has 6 nitrogen and oxygen atoms in total. The van der Waals surface area contributed by atoms with Gasteiger partial charge in [0.05, 0.1) is 0 Å². The molecule has 0 aliphatic carbocycles. The van der Waals surface area contributed by atoms with Crippen molar-refractivity contribution in [3.63, 3.8) is 0 Å². The smallest absolute Gasteiger partial charge is 0.0257 e. The predicted molar refractivity (Wildman–Crippen MR) is 130 cm³/mol. The van der Waals surface area contributed by atoms with Crippen LogP contribution in [0.25, 0.3) is 10.4 Å². The third kappa shape index (κ3) is 13.5. The zero-order chi connectivity index (χ0) is 21.9. The molecule has 2 heterocycles. The van der Waals surface area contributed by atoms with Gasteiger partial charge in [0.1, 0.15) is 0 Å². The van der Waals surface area contributed by atoms with Gasteiger partial charge in [0.25, 0.3) is 0 Å². The zero-order valence-corrected chi connectivity index (χ0v) is 20.4. The van der Waals surface area contributed by atoms with Crippen molar-refractivity contribution in [3.05, 3.63) is 10.4 Å². The molecule has 0 unspecified atom stereocenters. The summed E-state index contributed by atoms with van der Waals surface area (Å²) in [4.78, 5) is 10.5. The average molecular weight is 423 g/mol. The van der Waals surface area contributed by atoms with Crippen molar-refractivity contribution in [1.82, 2.24) is 14.7 Å². The van der Waals surface area contributed by atoms with Gasteiger partial charge in [0.2, 0.25) is 0 Å². The fraction of sp³-hybridized carbons (Fsp3) is 1.00. The number of hydrogen-bond acceptors (Lipinski definition) is 4. The number of likely N-dealkylation sites (tertiary alicyclic amines) is 1. The first-order valence-corrected chi connectivity index (χ1v) is 12.9. The van der Waals surface area contributed by atoms with Gasteiger partial charge in [-0.05, 0) is 51.5 Å². The van der Waals surface area contributed by atoms with Gasteiger partial charge in [-0.15, -0.1) is 0 Å². The van der Waals surface area contributed by atoms with Gasteiger partial charge in [0, 0.05) is 43.7 Å². The van der Waals surface area contributed by atoms with E-state index in [-0.39, 0.29) is 0 Å². The van der Waals surface area contributed by atoms with Gasteiger partial charge in [-0.2, -0.15) is 0 Å². The molecule has 2 fully saturated rings. The monoisotopic (exact) mass is 422 g/mol. The van der Waals surface area contributed by atoms with Gasteiger partial charge in [-0.1, -0.05) is 76.7 Å². The number of nitrogens with zero attached hydrogens (tertiary/aromatic N) is 6. The van der Waals surface area contributed by atoms with Crippen molar-refractivity contribution in [3.8, 4) is 0 Å². The third-order valence-corrected chi connectivity index (χ3v) is 6.73. The molecular formula is C24H50N6. The van der Waals surface area contributed by atoms with Crippen LogP contribution in [0.1, 0.15) is 90.9 Å². The molecule has 0 aromatic heterocycles. The molecule has 176 valence electrons. The van der Waals surface area contributed by atoms with Crippen LogP contribution < -0.4 is 0 Å². The van der Waals surface area contributed by atoms with Crippen LogP contribution in [0.15, 0.2) is 5.11 Å². The Morgan fingerprint density at radius 1 is 0.767 bits per heavy atom. The highest BCUT2D eigenvalue weighted by atomic mass is 15.3. The first kappa shape index (κ1) is 27.2. The SMILES string of the molecule is CCCCCCCCCCCCN=[N+]=[N-].CCN1CCN(C2CCN(C)CC2)CC1. The van der Waals surface area contributed by atoms with Crippen LogP contribution >= 0.6 is 0 Å². The summed E-state index contributed by atoms with van der Waals surface area (Å²) in [5.41, 5.74) is 8.07. The molecule has 2 aliphatic heterocycles. The lowest BCUT2D eigenvalue weighted by Gasteiger charge is -2.42. The number of unbranched alkanes of at least 4 members (excludes halogenated alkanes) is 9. The fourth-order valence-electron chi connectivity index (χ4n) is 4.52. The molecular weight excluding hydrogens is 372 g/mol. The van der Waals surface area contributed by atoms with Crippen LogP contribution in [0.2, 0.25) is 0 Å². The van der Waals surface area contributed by atoms with Crippen LogP contribution in [0.4, 0.5) is 0 Å². The second-order valence-corrected chi connectivity index (χ2v) is 9.14. The van der Waals surface area contributed by atoms with Gasteiger partial charge in [0.15, 0.2) is 0 Å². The second-order valence-electron chi connectivity index (χ2n) is 9.14. The lowest BCUT2D eigenvalue weighted by molar-refractivity contribution is 0.0668. The van der Waals surface area contributed by atoms with E-state index in [1.807, 2.05) is 0 Å². The molecule has 2 saturated heterocycles. The van der Waals surface area contributed by atoms with E-state index < -0.39 is 0 Å². The second kappa shape index (κ2) is 18.9. The van der Waals surface area contributed by atoms with Gasteiger partial charge in [-0.25, -0.2) is 0 Å². The van der Waals surface area contributed by atoms with E-state index in [0.717, 1.165) is 12.5 Å². The summed E-state index contributed by atoms with van der Waals surface area (Å²) in [7, 11) is 2.24. The van der Waals surface area contributed by atoms with Crippen LogP contribution in [0.3, 0.4) is 0 Å². The first-order chi connectivity index (χ1) is 14.7. The molecule has 0 radical (unpaired) electrons. The minimum atomic E-state index is 0.674. The Hall–Kier alpha value is -0.810. The number of azide groups is 1. The Morgan fingerprint density at radius 3 is 1.80 bits per heavy atom. The highest BCUT2D eigenvalue weighted by molar-refractivity contribution is 4.82. The van der Waals surface area contributed by atoms with E-state index in [4.69, 9.17) is 5.53 Å². The topological polar surface area (TPSA) is 58.5 Å². The van der Waals surface area contributed by atoms with E-state index >= 15 is 0 Å². The van der Waals surface area contributed by atoms with Crippen molar-refractivity contribution in [2.75, 3.05) is 59.4 Å². The number of piperidine rings is 1. The fourth-order valence-corrected chi connectivity index (χ4v) is 4.52. The Bertz CT molecular complexity index is 421. The van der Waals surface area contributed by atoms with E-state index in [1.54, 1.807) is 0 Å². The van der Waals surface area contributed by atoms with Crippen LogP contribution in [-0.2, 0) is 0 Å². The Morgan fingerprint density at radius 2 is 1.30 bits per heavy atom. The van der Waals surface area contributed by atoms with Crippen molar-refractivity contribution in [2.45, 2.75) is 96.9 Å². The van der Waals surface area contributed by atoms with Crippen LogP contribution in [-0.4, -0.2) is 80.1 Å². The summed E-state index contributed by atoms with van der Waals surface area (Å²) in [5, 5.41) is 3.52. The van der Waals surface area contributed by atoms with E-state index in [2.05, 4.69) is 45.6 Å². The highest BCUT2D eigenvalue weighted by Gasteiger charge is 2.25. The summed E-state index contributed by atoms with van der Waals surface area (Å²) in [5.74, 6) is 0. The van der Waals surface area contributed by atoms with E-state index in [1.165, 1.54) is 116 Å². The molecule has 30 heavy (non-hydrogen) atoms. The van der Waals surface area contributed by atoms with Crippen molar-refractivity contribution < 1.29 is 0 Å². The maximum atomic E-state index is 8.07. The molecule has 2 rings (SSSR count). The molecule has 0 saturated carbocycles. The van der Waals surface area contributed by atoms with Gasteiger partial charge < -0.3 is 9.80 Å². The Balaban J connectivity index is 0.000000300. The first-order valence-electron chi connectivity index (χ1n) is 12.9. The van der Waals surface area contributed by atoms with Gasteiger partial charge in [-0.3, -0.25) is 4.90 Å². The minimum Gasteiger partial charge on any atom is -0.306 e. The van der Waals surface area contributed by atoms with Gasteiger partial charge >= 0.3 is 0 Å². The standard InChI is InChI=1S/2C12H25N3/c1-3-14-8-10-15(11-9-14)12-4-6-13(2)7-5-12;1-2-3-4-5-6-7-8-9-10-11-12-14-15-13/h12H,3-11H2,1-2H3;2-12H2,1H3. The van der Waals surface area contributed by atoms with Crippen molar-refractivity contribution in [1.29, 1.82) is 0 Å². The van der Waals surface area contributed by atoms with Crippen molar-refractivity contribution >= 4 is 0 Å². The quantitative estimate of drug-likeness (QED) is 0.160. The average Bonchev–Trinajstić information content (AvgIpc) is 2.78. The number of rotatable bonds is 13. The largest absolute Gasteiger partial charge is 0.306 e. The Labute approximate surface area is 187 Å². The maximum Gasteiger partial charge on any atom is 0.0257 e. The lowest BCUT2D eigenvalue weighted by Crippen LogP contribution is -2.52. The third-order valence-electron chi connectivity index (χ3n) is 6.73. The molecule has 2 aliphatic rings. The van der Waals surface area contributed by atoms with Crippen LogP contribution in [0, 0.1) is 0 Å².